The zero-order valence-corrected chi connectivity index (χ0v) is 10.5. The third-order valence-electron chi connectivity index (χ3n) is 2.91. The Kier molecular flexibility index (Phi) is 3.63. The van der Waals surface area contributed by atoms with E-state index in [-0.39, 0.29) is 11.9 Å². The number of ether oxygens (including phenoxy) is 1. The summed E-state index contributed by atoms with van der Waals surface area (Å²) < 4.78 is 18.5. The minimum Gasteiger partial charge on any atom is -0.496 e. The van der Waals surface area contributed by atoms with Crippen LogP contribution in [0.2, 0.25) is 0 Å². The summed E-state index contributed by atoms with van der Waals surface area (Å²) in [5, 5.41) is 0. The first-order valence-corrected chi connectivity index (χ1v) is 5.81. The Morgan fingerprint density at radius 1 is 1.11 bits per heavy atom. The highest BCUT2D eigenvalue weighted by molar-refractivity contribution is 5.70. The number of hydrogen-bond acceptors (Lipinski definition) is 2. The van der Waals surface area contributed by atoms with Crippen molar-refractivity contribution in [2.24, 2.45) is 5.73 Å². The highest BCUT2D eigenvalue weighted by atomic mass is 19.1. The van der Waals surface area contributed by atoms with Crippen LogP contribution in [0.4, 0.5) is 4.39 Å². The van der Waals surface area contributed by atoms with Crippen molar-refractivity contribution in [1.82, 2.24) is 0 Å². The van der Waals surface area contributed by atoms with Gasteiger partial charge in [-0.1, -0.05) is 24.3 Å². The standard InChI is InChI=1S/C15H16FNO/c1-10(17)11-3-5-12(6-4-11)14-9-13(16)7-8-15(14)18-2/h3-10H,17H2,1-2H3. The number of methoxy groups -OCH3 is 1. The molecule has 0 aliphatic heterocycles. The average Bonchev–Trinajstić information content (AvgIpc) is 2.39. The van der Waals surface area contributed by atoms with Crippen LogP contribution in [-0.2, 0) is 0 Å². The van der Waals surface area contributed by atoms with E-state index in [9.17, 15) is 4.39 Å². The number of benzene rings is 2. The van der Waals surface area contributed by atoms with Gasteiger partial charge < -0.3 is 10.5 Å². The first-order valence-electron chi connectivity index (χ1n) is 5.81. The Bertz CT molecular complexity index is 535. The molecule has 0 radical (unpaired) electrons. The molecule has 0 aliphatic rings. The van der Waals surface area contributed by atoms with Crippen molar-refractivity contribution >= 4 is 0 Å². The maximum Gasteiger partial charge on any atom is 0.126 e. The Labute approximate surface area is 106 Å². The van der Waals surface area contributed by atoms with Crippen molar-refractivity contribution in [3.05, 3.63) is 53.8 Å². The van der Waals surface area contributed by atoms with Crippen molar-refractivity contribution in [2.45, 2.75) is 13.0 Å². The molecule has 0 spiro atoms. The van der Waals surface area contributed by atoms with Gasteiger partial charge in [-0.15, -0.1) is 0 Å². The molecule has 94 valence electrons. The second kappa shape index (κ2) is 5.19. The molecule has 0 bridgehead atoms. The van der Waals surface area contributed by atoms with Crippen molar-refractivity contribution in [1.29, 1.82) is 0 Å². The third kappa shape index (κ3) is 2.51. The van der Waals surface area contributed by atoms with Crippen LogP contribution in [0, 0.1) is 5.82 Å². The maximum atomic E-state index is 13.3. The summed E-state index contributed by atoms with van der Waals surface area (Å²) in [4.78, 5) is 0. The second-order valence-corrected chi connectivity index (χ2v) is 4.26. The van der Waals surface area contributed by atoms with Gasteiger partial charge in [0.15, 0.2) is 0 Å². The quantitative estimate of drug-likeness (QED) is 0.898. The Morgan fingerprint density at radius 3 is 2.33 bits per heavy atom. The average molecular weight is 245 g/mol. The van der Waals surface area contributed by atoms with Crippen LogP contribution in [-0.4, -0.2) is 7.11 Å². The van der Waals surface area contributed by atoms with Gasteiger partial charge in [0, 0.05) is 11.6 Å². The summed E-state index contributed by atoms with van der Waals surface area (Å²) in [5.41, 5.74) is 8.50. The summed E-state index contributed by atoms with van der Waals surface area (Å²) >= 11 is 0. The van der Waals surface area contributed by atoms with Crippen LogP contribution in [0.25, 0.3) is 11.1 Å². The van der Waals surface area contributed by atoms with E-state index in [4.69, 9.17) is 10.5 Å². The lowest BCUT2D eigenvalue weighted by molar-refractivity contribution is 0.415. The fourth-order valence-electron chi connectivity index (χ4n) is 1.87. The fraction of sp³-hybridized carbons (Fsp3) is 0.200. The molecule has 0 saturated carbocycles. The largest absolute Gasteiger partial charge is 0.496 e. The van der Waals surface area contributed by atoms with Gasteiger partial charge in [0.2, 0.25) is 0 Å². The summed E-state index contributed by atoms with van der Waals surface area (Å²) in [6, 6.07) is 12.2. The SMILES string of the molecule is COc1ccc(F)cc1-c1ccc(C(C)N)cc1. The lowest BCUT2D eigenvalue weighted by Gasteiger charge is -2.10. The van der Waals surface area contributed by atoms with Crippen LogP contribution in [0.3, 0.4) is 0 Å². The minimum atomic E-state index is -0.276. The van der Waals surface area contributed by atoms with Gasteiger partial charge in [0.05, 0.1) is 7.11 Å². The molecule has 2 nitrogen and oxygen atoms in total. The summed E-state index contributed by atoms with van der Waals surface area (Å²) in [5.74, 6) is 0.381. The predicted octanol–water partition coefficient (Wildman–Crippen LogP) is 3.52. The van der Waals surface area contributed by atoms with Gasteiger partial charge in [-0.25, -0.2) is 4.39 Å². The molecule has 0 saturated heterocycles. The van der Waals surface area contributed by atoms with E-state index in [0.29, 0.717) is 5.75 Å². The van der Waals surface area contributed by atoms with Crippen molar-refractivity contribution in [2.75, 3.05) is 7.11 Å². The van der Waals surface area contributed by atoms with E-state index < -0.39 is 0 Å². The predicted molar refractivity (Wildman–Crippen MR) is 71.0 cm³/mol. The molecule has 2 rings (SSSR count). The lowest BCUT2D eigenvalue weighted by Crippen LogP contribution is -2.04. The molecule has 0 fully saturated rings. The number of halogens is 1. The Morgan fingerprint density at radius 2 is 1.78 bits per heavy atom. The summed E-state index contributed by atoms with van der Waals surface area (Å²) in [6.07, 6.45) is 0. The minimum absolute atomic E-state index is 0.00606. The molecule has 1 unspecified atom stereocenters. The molecule has 3 heteroatoms. The molecular weight excluding hydrogens is 229 g/mol. The van der Waals surface area contributed by atoms with Crippen LogP contribution in [0.1, 0.15) is 18.5 Å². The van der Waals surface area contributed by atoms with E-state index in [0.717, 1.165) is 16.7 Å². The van der Waals surface area contributed by atoms with Crippen molar-refractivity contribution in [3.63, 3.8) is 0 Å². The van der Waals surface area contributed by atoms with Crippen LogP contribution in [0.15, 0.2) is 42.5 Å². The summed E-state index contributed by atoms with van der Waals surface area (Å²) in [7, 11) is 1.58. The maximum absolute atomic E-state index is 13.3. The van der Waals surface area contributed by atoms with Gasteiger partial charge >= 0.3 is 0 Å². The highest BCUT2D eigenvalue weighted by Crippen LogP contribution is 2.31. The van der Waals surface area contributed by atoms with E-state index in [1.54, 1.807) is 13.2 Å². The lowest BCUT2D eigenvalue weighted by atomic mass is 10.0. The van der Waals surface area contributed by atoms with E-state index in [1.165, 1.54) is 12.1 Å². The molecule has 2 N–H and O–H groups in total. The van der Waals surface area contributed by atoms with Gasteiger partial charge in [-0.3, -0.25) is 0 Å². The smallest absolute Gasteiger partial charge is 0.126 e. The monoisotopic (exact) mass is 245 g/mol. The number of hydrogen-bond donors (Lipinski definition) is 1. The molecule has 0 aliphatic carbocycles. The van der Waals surface area contributed by atoms with Gasteiger partial charge in [-0.05, 0) is 36.2 Å². The molecule has 0 aromatic heterocycles. The second-order valence-electron chi connectivity index (χ2n) is 4.26. The van der Waals surface area contributed by atoms with Crippen molar-refractivity contribution < 1.29 is 9.13 Å². The Balaban J connectivity index is 2.44. The zero-order valence-electron chi connectivity index (χ0n) is 10.5. The third-order valence-corrected chi connectivity index (χ3v) is 2.91. The number of rotatable bonds is 3. The normalized spacial score (nSPS) is 12.2. The molecular formula is C15H16FNO. The molecule has 2 aromatic rings. The van der Waals surface area contributed by atoms with E-state index in [2.05, 4.69) is 0 Å². The van der Waals surface area contributed by atoms with E-state index in [1.807, 2.05) is 31.2 Å². The molecule has 0 amide bonds. The molecule has 2 aromatic carbocycles. The first-order chi connectivity index (χ1) is 8.61. The molecule has 18 heavy (non-hydrogen) atoms. The Hall–Kier alpha value is -1.87. The van der Waals surface area contributed by atoms with Gasteiger partial charge in [0.1, 0.15) is 11.6 Å². The highest BCUT2D eigenvalue weighted by Gasteiger charge is 2.08. The van der Waals surface area contributed by atoms with Gasteiger partial charge in [-0.2, -0.15) is 0 Å². The first kappa shape index (κ1) is 12.6. The van der Waals surface area contributed by atoms with Gasteiger partial charge in [0.25, 0.3) is 0 Å². The number of nitrogens with two attached hydrogens (primary N) is 1. The topological polar surface area (TPSA) is 35.2 Å². The molecule has 0 heterocycles. The van der Waals surface area contributed by atoms with Crippen LogP contribution < -0.4 is 10.5 Å². The molecule has 1 atom stereocenters. The van der Waals surface area contributed by atoms with Crippen LogP contribution in [0.5, 0.6) is 5.75 Å². The van der Waals surface area contributed by atoms with E-state index >= 15 is 0 Å². The zero-order chi connectivity index (χ0) is 13.1. The van der Waals surface area contributed by atoms with Crippen LogP contribution >= 0.6 is 0 Å². The fourth-order valence-corrected chi connectivity index (χ4v) is 1.87. The van der Waals surface area contributed by atoms with Crippen molar-refractivity contribution in [3.8, 4) is 16.9 Å². The summed E-state index contributed by atoms with van der Waals surface area (Å²) in [6.45, 7) is 1.93.